The van der Waals surface area contributed by atoms with Crippen LogP contribution in [0.1, 0.15) is 31.4 Å². The summed E-state index contributed by atoms with van der Waals surface area (Å²) in [5.74, 6) is -0.475. The van der Waals surface area contributed by atoms with Crippen LogP contribution in [-0.4, -0.2) is 78.3 Å². The van der Waals surface area contributed by atoms with Crippen molar-refractivity contribution in [1.29, 1.82) is 0 Å². The molecule has 0 bridgehead atoms. The van der Waals surface area contributed by atoms with Crippen LogP contribution < -0.4 is 10.2 Å². The fourth-order valence-electron chi connectivity index (χ4n) is 4.14. The molecule has 0 spiro atoms. The van der Waals surface area contributed by atoms with Gasteiger partial charge in [-0.25, -0.2) is 23.7 Å². The molecule has 7 nitrogen and oxygen atoms in total. The van der Waals surface area contributed by atoms with Crippen LogP contribution in [0.2, 0.25) is 0 Å². The Balaban J connectivity index is 1.59. The Morgan fingerprint density at radius 3 is 2.68 bits per heavy atom. The molecule has 170 valence electrons. The zero-order valence-corrected chi connectivity index (χ0v) is 19.1. The third kappa shape index (κ3) is 5.48. The molecule has 31 heavy (non-hydrogen) atoms. The molecule has 1 saturated carbocycles. The first kappa shape index (κ1) is 22.3. The highest BCUT2D eigenvalue weighted by molar-refractivity contribution is 7.13. The molecule has 2 fully saturated rings. The minimum atomic E-state index is -2.55. The number of piperazine rings is 1. The van der Waals surface area contributed by atoms with Crippen LogP contribution >= 0.6 is 11.3 Å². The van der Waals surface area contributed by atoms with E-state index < -0.39 is 5.92 Å². The van der Waals surface area contributed by atoms with E-state index in [1.54, 1.807) is 7.11 Å². The molecule has 2 aromatic heterocycles. The topological polar surface area (TPSA) is 66.4 Å². The third-order valence-corrected chi connectivity index (χ3v) is 7.01. The molecule has 1 N–H and O–H groups in total. The van der Waals surface area contributed by atoms with Crippen LogP contribution in [0.15, 0.2) is 11.4 Å². The lowest BCUT2D eigenvalue weighted by Crippen LogP contribution is -2.53. The summed E-state index contributed by atoms with van der Waals surface area (Å²) < 4.78 is 32.5. The summed E-state index contributed by atoms with van der Waals surface area (Å²) in [7, 11) is 3.83. The maximum atomic E-state index is 13.6. The Hall–Kier alpha value is -1.91. The van der Waals surface area contributed by atoms with Crippen molar-refractivity contribution in [3.63, 3.8) is 0 Å². The van der Waals surface area contributed by atoms with E-state index in [-0.39, 0.29) is 24.9 Å². The number of alkyl halides is 2. The molecule has 1 aliphatic carbocycles. The van der Waals surface area contributed by atoms with Gasteiger partial charge in [-0.2, -0.15) is 0 Å². The van der Waals surface area contributed by atoms with Crippen molar-refractivity contribution in [2.75, 3.05) is 50.6 Å². The molecule has 0 amide bonds. The zero-order valence-electron chi connectivity index (χ0n) is 18.3. The van der Waals surface area contributed by atoms with Crippen molar-refractivity contribution in [2.45, 2.75) is 50.6 Å². The zero-order chi connectivity index (χ0) is 22.0. The maximum Gasteiger partial charge on any atom is 0.248 e. The van der Waals surface area contributed by atoms with Gasteiger partial charge in [-0.1, -0.05) is 0 Å². The predicted molar refractivity (Wildman–Crippen MR) is 119 cm³/mol. The molecule has 1 atom stereocenters. The van der Waals surface area contributed by atoms with Gasteiger partial charge in [0.15, 0.2) is 10.8 Å². The van der Waals surface area contributed by atoms with Crippen molar-refractivity contribution in [3.8, 4) is 10.8 Å². The highest BCUT2D eigenvalue weighted by Gasteiger charge is 2.35. The molecule has 1 aliphatic heterocycles. The summed E-state index contributed by atoms with van der Waals surface area (Å²) in [5, 5.41) is 6.13. The van der Waals surface area contributed by atoms with E-state index in [1.807, 2.05) is 18.4 Å². The second-order valence-corrected chi connectivity index (χ2v) is 9.40. The van der Waals surface area contributed by atoms with E-state index in [9.17, 15) is 8.78 Å². The van der Waals surface area contributed by atoms with Gasteiger partial charge in [0.1, 0.15) is 11.6 Å². The van der Waals surface area contributed by atoms with Gasteiger partial charge in [-0.3, -0.25) is 4.90 Å². The minimum Gasteiger partial charge on any atom is -0.383 e. The average Bonchev–Trinajstić information content (AvgIpc) is 3.18. The minimum absolute atomic E-state index is 0.0121. The molecule has 4 rings (SSSR count). The van der Waals surface area contributed by atoms with Crippen LogP contribution in [0.3, 0.4) is 0 Å². The van der Waals surface area contributed by atoms with E-state index in [1.165, 1.54) is 11.3 Å². The quantitative estimate of drug-likeness (QED) is 0.717. The number of nitrogens with one attached hydrogen (secondary N) is 1. The fraction of sp³-hybridized carbons (Fsp3) is 0.667. The predicted octanol–water partition coefficient (Wildman–Crippen LogP) is 3.67. The van der Waals surface area contributed by atoms with E-state index in [0.717, 1.165) is 36.2 Å². The van der Waals surface area contributed by atoms with E-state index >= 15 is 0 Å². The highest BCUT2D eigenvalue weighted by Crippen LogP contribution is 2.35. The lowest BCUT2D eigenvalue weighted by Gasteiger charge is -2.39. The van der Waals surface area contributed by atoms with E-state index in [4.69, 9.17) is 9.72 Å². The number of aromatic nitrogens is 3. The van der Waals surface area contributed by atoms with Gasteiger partial charge in [0.25, 0.3) is 0 Å². The van der Waals surface area contributed by atoms with Gasteiger partial charge < -0.3 is 15.0 Å². The number of hydrogen-bond acceptors (Lipinski definition) is 8. The number of nitrogens with zero attached hydrogens (tertiary/aromatic N) is 5. The highest BCUT2D eigenvalue weighted by atomic mass is 32.1. The third-order valence-electron chi connectivity index (χ3n) is 6.05. The number of halogens is 2. The normalized spacial score (nSPS) is 22.6. The summed E-state index contributed by atoms with van der Waals surface area (Å²) in [6.45, 7) is 5.15. The Morgan fingerprint density at radius 1 is 1.23 bits per heavy atom. The number of rotatable bonds is 6. The molecule has 2 aliphatic rings. The SMILES string of the molecule is COCC1CN(c2cc(NC3CCC(F)(F)CC3)nc(-c3nc(C)cs3)n2)CCN1C. The Labute approximate surface area is 185 Å². The van der Waals surface area contributed by atoms with Crippen molar-refractivity contribution in [3.05, 3.63) is 17.1 Å². The molecule has 10 heteroatoms. The Kier molecular flexibility index (Phi) is 6.68. The Bertz CT molecular complexity index is 885. The second-order valence-electron chi connectivity index (χ2n) is 8.54. The molecule has 1 saturated heterocycles. The van der Waals surface area contributed by atoms with Crippen LogP contribution in [0.25, 0.3) is 10.8 Å². The molecule has 3 heterocycles. The van der Waals surface area contributed by atoms with Crippen LogP contribution in [0.5, 0.6) is 0 Å². The first-order chi connectivity index (χ1) is 14.8. The molecular weight excluding hydrogens is 422 g/mol. The number of thiazole rings is 1. The van der Waals surface area contributed by atoms with Crippen molar-refractivity contribution >= 4 is 23.0 Å². The fourth-order valence-corrected chi connectivity index (χ4v) is 4.87. The first-order valence-corrected chi connectivity index (χ1v) is 11.6. The van der Waals surface area contributed by atoms with Crippen LogP contribution in [0.4, 0.5) is 20.4 Å². The molecular formula is C21H30F2N6OS. The largest absolute Gasteiger partial charge is 0.383 e. The summed E-state index contributed by atoms with van der Waals surface area (Å²) in [4.78, 5) is 18.6. The smallest absolute Gasteiger partial charge is 0.248 e. The molecule has 0 aromatic carbocycles. The number of likely N-dealkylation sites (N-methyl/N-ethyl adjacent to an activating group) is 1. The number of hydrogen-bond donors (Lipinski definition) is 1. The van der Waals surface area contributed by atoms with Gasteiger partial charge in [0.2, 0.25) is 5.92 Å². The summed E-state index contributed by atoms with van der Waals surface area (Å²) in [5.41, 5.74) is 0.929. The number of aryl methyl sites for hydroxylation is 1. The van der Waals surface area contributed by atoms with Gasteiger partial charge >= 0.3 is 0 Å². The molecule has 2 aromatic rings. The lowest BCUT2D eigenvalue weighted by molar-refractivity contribution is -0.0361. The second kappa shape index (κ2) is 9.30. The Morgan fingerprint density at radius 2 is 2.00 bits per heavy atom. The van der Waals surface area contributed by atoms with Gasteiger partial charge in [-0.15, -0.1) is 11.3 Å². The maximum absolute atomic E-state index is 13.6. The first-order valence-electron chi connectivity index (χ1n) is 10.7. The molecule has 0 radical (unpaired) electrons. The average molecular weight is 453 g/mol. The summed E-state index contributed by atoms with van der Waals surface area (Å²) >= 11 is 1.51. The van der Waals surface area contributed by atoms with Crippen molar-refractivity contribution in [1.82, 2.24) is 19.9 Å². The number of methoxy groups -OCH3 is 1. The molecule has 1 unspecified atom stereocenters. The van der Waals surface area contributed by atoms with E-state index in [0.29, 0.717) is 31.1 Å². The van der Waals surface area contributed by atoms with Gasteiger partial charge in [-0.05, 0) is 26.8 Å². The van der Waals surface area contributed by atoms with Crippen LogP contribution in [-0.2, 0) is 4.74 Å². The van der Waals surface area contributed by atoms with Gasteiger partial charge in [0, 0.05) is 62.8 Å². The number of anilines is 2. The van der Waals surface area contributed by atoms with Gasteiger partial charge in [0.05, 0.1) is 12.6 Å². The van der Waals surface area contributed by atoms with E-state index in [2.05, 4.69) is 32.1 Å². The van der Waals surface area contributed by atoms with Crippen molar-refractivity contribution < 1.29 is 13.5 Å². The summed E-state index contributed by atoms with van der Waals surface area (Å²) in [6, 6.07) is 2.20. The lowest BCUT2D eigenvalue weighted by atomic mass is 9.92. The summed E-state index contributed by atoms with van der Waals surface area (Å²) in [6.07, 6.45) is 0.696. The van der Waals surface area contributed by atoms with Crippen LogP contribution in [0, 0.1) is 6.92 Å². The number of ether oxygens (including phenoxy) is 1. The van der Waals surface area contributed by atoms with Crippen molar-refractivity contribution in [2.24, 2.45) is 0 Å². The standard InChI is InChI=1S/C21H30F2N6OS/c1-14-13-31-20(24-14)19-26-17(25-15-4-6-21(22,23)7-5-15)10-18(27-19)29-9-8-28(2)16(11-29)12-30-3/h10,13,15-16H,4-9,11-12H2,1-3H3,(H,25,26,27). The monoisotopic (exact) mass is 452 g/mol.